The van der Waals surface area contributed by atoms with Crippen LogP contribution in [0.2, 0.25) is 0 Å². The first-order chi connectivity index (χ1) is 6.54. The lowest BCUT2D eigenvalue weighted by molar-refractivity contribution is 0.0827. The minimum atomic E-state index is -0.424. The number of benzene rings is 1. The number of rotatable bonds is 2. The average Bonchev–Trinajstić information content (AvgIpc) is 2.15. The summed E-state index contributed by atoms with van der Waals surface area (Å²) >= 11 is 0. The van der Waals surface area contributed by atoms with Gasteiger partial charge < -0.3 is 4.90 Å². The molecule has 0 aliphatic heterocycles. The molecule has 0 atom stereocenters. The molecule has 1 amide bonds. The van der Waals surface area contributed by atoms with Crippen LogP contribution in [-0.4, -0.2) is 24.9 Å². The minimum absolute atomic E-state index is 0.215. The Morgan fingerprint density at radius 3 is 2.57 bits per heavy atom. The van der Waals surface area contributed by atoms with Crippen LogP contribution >= 0.6 is 0 Å². The van der Waals surface area contributed by atoms with Gasteiger partial charge in [-0.1, -0.05) is 12.7 Å². The number of halogens is 1. The Hall–Kier alpha value is -1.64. The molecule has 0 aromatic heterocycles. The third-order valence-electron chi connectivity index (χ3n) is 1.81. The van der Waals surface area contributed by atoms with E-state index >= 15 is 0 Å². The van der Waals surface area contributed by atoms with Crippen molar-refractivity contribution in [1.82, 2.24) is 4.90 Å². The zero-order chi connectivity index (χ0) is 10.7. The maximum absolute atomic E-state index is 13.0. The number of hydrogen-bond acceptors (Lipinski definition) is 1. The molecule has 0 bridgehead atoms. The first kappa shape index (κ1) is 10.4. The molecule has 0 saturated carbocycles. The summed E-state index contributed by atoms with van der Waals surface area (Å²) in [4.78, 5) is 12.9. The quantitative estimate of drug-likeness (QED) is 0.704. The van der Waals surface area contributed by atoms with Crippen molar-refractivity contribution in [3.8, 4) is 0 Å². The summed E-state index contributed by atoms with van der Waals surface area (Å²) in [6.07, 6.45) is 1.51. The normalized spacial score (nSPS) is 9.64. The van der Waals surface area contributed by atoms with E-state index in [4.69, 9.17) is 0 Å². The van der Waals surface area contributed by atoms with E-state index in [1.165, 1.54) is 23.1 Å². The van der Waals surface area contributed by atoms with E-state index in [2.05, 4.69) is 6.58 Å². The lowest BCUT2D eigenvalue weighted by Crippen LogP contribution is -2.21. The highest BCUT2D eigenvalue weighted by atomic mass is 19.1. The summed E-state index contributed by atoms with van der Waals surface area (Å²) in [6.45, 7) is 3.53. The maximum atomic E-state index is 13.0. The van der Waals surface area contributed by atoms with Crippen LogP contribution in [-0.2, 0) is 0 Å². The molecule has 2 nitrogen and oxygen atoms in total. The zero-order valence-corrected chi connectivity index (χ0v) is 8.25. The Bertz CT molecular complexity index is 372. The second-order valence-electron chi connectivity index (χ2n) is 3.18. The summed E-state index contributed by atoms with van der Waals surface area (Å²) in [6, 6.07) is 4.16. The molecule has 1 aromatic carbocycles. The van der Waals surface area contributed by atoms with Crippen LogP contribution in [0.3, 0.4) is 0 Å². The Morgan fingerprint density at radius 1 is 1.43 bits per heavy atom. The van der Waals surface area contributed by atoms with E-state index in [0.717, 1.165) is 0 Å². The van der Waals surface area contributed by atoms with Crippen molar-refractivity contribution in [1.29, 1.82) is 0 Å². The maximum Gasteiger partial charge on any atom is 0.253 e. The van der Waals surface area contributed by atoms with Crippen molar-refractivity contribution in [2.24, 2.45) is 0 Å². The standard InChI is InChI=1S/C11H12FNO/c1-4-8-5-9(7-10(12)6-8)11(14)13(2)3/h4-7H,1H2,2-3H3. The highest BCUT2D eigenvalue weighted by Crippen LogP contribution is 2.11. The van der Waals surface area contributed by atoms with Crippen LogP contribution < -0.4 is 0 Å². The van der Waals surface area contributed by atoms with E-state index in [1.807, 2.05) is 0 Å². The molecule has 0 unspecified atom stereocenters. The lowest BCUT2D eigenvalue weighted by Gasteiger charge is -2.10. The van der Waals surface area contributed by atoms with Crippen molar-refractivity contribution < 1.29 is 9.18 Å². The average molecular weight is 193 g/mol. The molecule has 0 aliphatic rings. The van der Waals surface area contributed by atoms with Crippen LogP contribution in [0.1, 0.15) is 15.9 Å². The summed E-state index contributed by atoms with van der Waals surface area (Å²) in [5, 5.41) is 0. The van der Waals surface area contributed by atoms with Crippen LogP contribution in [0, 0.1) is 5.82 Å². The largest absolute Gasteiger partial charge is 0.345 e. The topological polar surface area (TPSA) is 20.3 Å². The van der Waals surface area contributed by atoms with E-state index in [1.54, 1.807) is 20.2 Å². The molecule has 3 heteroatoms. The fourth-order valence-electron chi connectivity index (χ4n) is 1.11. The van der Waals surface area contributed by atoms with Gasteiger partial charge in [0.1, 0.15) is 5.82 Å². The monoisotopic (exact) mass is 193 g/mol. The third kappa shape index (κ3) is 2.19. The van der Waals surface area contributed by atoms with Gasteiger partial charge in [-0.15, -0.1) is 0 Å². The second-order valence-corrected chi connectivity index (χ2v) is 3.18. The van der Waals surface area contributed by atoms with Crippen LogP contribution in [0.5, 0.6) is 0 Å². The second kappa shape index (κ2) is 4.05. The Balaban J connectivity index is 3.15. The summed E-state index contributed by atoms with van der Waals surface area (Å²) in [5.74, 6) is -0.639. The molecule has 0 fully saturated rings. The van der Waals surface area contributed by atoms with E-state index in [0.29, 0.717) is 11.1 Å². The number of hydrogen-bond donors (Lipinski definition) is 0. The van der Waals surface area contributed by atoms with Gasteiger partial charge in [0.15, 0.2) is 0 Å². The number of carbonyl (C=O) groups is 1. The molecule has 0 radical (unpaired) electrons. The van der Waals surface area contributed by atoms with Crippen LogP contribution in [0.15, 0.2) is 24.8 Å². The molecular formula is C11H12FNO. The van der Waals surface area contributed by atoms with Crippen molar-refractivity contribution in [2.45, 2.75) is 0 Å². The first-order valence-corrected chi connectivity index (χ1v) is 4.19. The molecule has 1 aromatic rings. The molecule has 74 valence electrons. The number of amides is 1. The number of nitrogens with zero attached hydrogens (tertiary/aromatic N) is 1. The fourth-order valence-corrected chi connectivity index (χ4v) is 1.11. The molecular weight excluding hydrogens is 181 g/mol. The molecule has 0 spiro atoms. The summed E-state index contributed by atoms with van der Waals surface area (Å²) in [5.41, 5.74) is 0.945. The highest BCUT2D eigenvalue weighted by Gasteiger charge is 2.09. The van der Waals surface area contributed by atoms with Gasteiger partial charge >= 0.3 is 0 Å². The van der Waals surface area contributed by atoms with Gasteiger partial charge in [0.05, 0.1) is 0 Å². The summed E-state index contributed by atoms with van der Waals surface area (Å²) < 4.78 is 13.0. The van der Waals surface area contributed by atoms with Crippen molar-refractivity contribution in [3.63, 3.8) is 0 Å². The molecule has 0 N–H and O–H groups in total. The Kier molecular flexibility index (Phi) is 3.02. The van der Waals surface area contributed by atoms with Crippen molar-refractivity contribution in [2.75, 3.05) is 14.1 Å². The fraction of sp³-hybridized carbons (Fsp3) is 0.182. The third-order valence-corrected chi connectivity index (χ3v) is 1.81. The van der Waals surface area contributed by atoms with E-state index in [9.17, 15) is 9.18 Å². The van der Waals surface area contributed by atoms with Crippen molar-refractivity contribution in [3.05, 3.63) is 41.7 Å². The van der Waals surface area contributed by atoms with Gasteiger partial charge in [0, 0.05) is 19.7 Å². The van der Waals surface area contributed by atoms with Gasteiger partial charge in [-0.05, 0) is 23.8 Å². The van der Waals surface area contributed by atoms with Crippen LogP contribution in [0.25, 0.3) is 6.08 Å². The zero-order valence-electron chi connectivity index (χ0n) is 8.25. The predicted octanol–water partition coefficient (Wildman–Crippen LogP) is 2.17. The molecule has 0 heterocycles. The van der Waals surface area contributed by atoms with Crippen LogP contribution in [0.4, 0.5) is 4.39 Å². The summed E-state index contributed by atoms with van der Waals surface area (Å²) in [7, 11) is 3.25. The number of carbonyl (C=O) groups excluding carboxylic acids is 1. The molecule has 0 saturated heterocycles. The lowest BCUT2D eigenvalue weighted by atomic mass is 10.1. The van der Waals surface area contributed by atoms with Gasteiger partial charge in [-0.25, -0.2) is 4.39 Å². The van der Waals surface area contributed by atoms with Gasteiger partial charge in [0.2, 0.25) is 0 Å². The Labute approximate surface area is 82.7 Å². The first-order valence-electron chi connectivity index (χ1n) is 4.19. The smallest absolute Gasteiger partial charge is 0.253 e. The van der Waals surface area contributed by atoms with E-state index in [-0.39, 0.29) is 5.91 Å². The minimum Gasteiger partial charge on any atom is -0.345 e. The SMILES string of the molecule is C=Cc1cc(F)cc(C(=O)N(C)C)c1. The van der Waals surface area contributed by atoms with E-state index < -0.39 is 5.82 Å². The van der Waals surface area contributed by atoms with Gasteiger partial charge in [-0.2, -0.15) is 0 Å². The predicted molar refractivity (Wildman–Crippen MR) is 54.5 cm³/mol. The van der Waals surface area contributed by atoms with Crippen molar-refractivity contribution >= 4 is 12.0 Å². The molecule has 14 heavy (non-hydrogen) atoms. The van der Waals surface area contributed by atoms with Gasteiger partial charge in [-0.3, -0.25) is 4.79 Å². The van der Waals surface area contributed by atoms with Gasteiger partial charge in [0.25, 0.3) is 5.91 Å². The molecule has 0 aliphatic carbocycles. The Morgan fingerprint density at radius 2 is 2.07 bits per heavy atom. The highest BCUT2D eigenvalue weighted by molar-refractivity contribution is 5.94. The molecule has 1 rings (SSSR count).